The van der Waals surface area contributed by atoms with Crippen molar-refractivity contribution in [1.82, 2.24) is 24.5 Å². The Morgan fingerprint density at radius 1 is 1.02 bits per heavy atom. The van der Waals surface area contributed by atoms with Crippen molar-refractivity contribution >= 4 is 23.4 Å². The molecule has 3 unspecified atom stereocenters. The van der Waals surface area contributed by atoms with Gasteiger partial charge in [-0.3, -0.25) is 14.4 Å². The smallest absolute Gasteiger partial charge is 0.274 e. The average Bonchev–Trinajstić information content (AvgIpc) is 3.69. The average molecular weight is 573 g/mol. The van der Waals surface area contributed by atoms with Crippen LogP contribution < -0.4 is 11.1 Å². The third-order valence-corrected chi connectivity index (χ3v) is 8.94. The Balaban J connectivity index is 1.36. The van der Waals surface area contributed by atoms with Gasteiger partial charge in [0.05, 0.1) is 6.04 Å². The Kier molecular flexibility index (Phi) is 9.89. The summed E-state index contributed by atoms with van der Waals surface area (Å²) in [4.78, 5) is 49.3. The van der Waals surface area contributed by atoms with Crippen LogP contribution in [0.25, 0.3) is 5.65 Å². The van der Waals surface area contributed by atoms with E-state index in [0.717, 1.165) is 56.2 Å². The van der Waals surface area contributed by atoms with Crippen LogP contribution in [-0.4, -0.2) is 74.7 Å². The summed E-state index contributed by atoms with van der Waals surface area (Å²) < 4.78 is 1.85. The summed E-state index contributed by atoms with van der Waals surface area (Å²) in [5, 5.41) is 3.05. The number of aromatic nitrogens is 2. The van der Waals surface area contributed by atoms with E-state index in [1.807, 2.05) is 63.7 Å². The van der Waals surface area contributed by atoms with Gasteiger partial charge in [-0.25, -0.2) is 4.98 Å². The van der Waals surface area contributed by atoms with Gasteiger partial charge in [-0.05, 0) is 62.1 Å². The van der Waals surface area contributed by atoms with E-state index in [0.29, 0.717) is 38.2 Å². The van der Waals surface area contributed by atoms with Gasteiger partial charge in [-0.1, -0.05) is 62.6 Å². The maximum absolute atomic E-state index is 14.2. The van der Waals surface area contributed by atoms with Gasteiger partial charge in [0.25, 0.3) is 5.91 Å². The van der Waals surface area contributed by atoms with E-state index in [9.17, 15) is 14.4 Å². The molecule has 0 radical (unpaired) electrons. The van der Waals surface area contributed by atoms with Gasteiger partial charge in [0.15, 0.2) is 0 Å². The number of imidazole rings is 1. The zero-order valence-electron chi connectivity index (χ0n) is 24.7. The van der Waals surface area contributed by atoms with Gasteiger partial charge in [0, 0.05) is 38.1 Å². The summed E-state index contributed by atoms with van der Waals surface area (Å²) in [6.07, 6.45) is 11.7. The molecule has 0 spiro atoms. The third kappa shape index (κ3) is 7.01. The number of pyridine rings is 1. The molecule has 3 N–H and O–H groups in total. The number of carbonyl (C=O) groups excluding carboxylic acids is 3. The molecule has 1 aliphatic heterocycles. The van der Waals surface area contributed by atoms with Crippen molar-refractivity contribution in [1.29, 1.82) is 0 Å². The molecule has 1 aromatic carbocycles. The van der Waals surface area contributed by atoms with Crippen molar-refractivity contribution in [2.45, 2.75) is 82.8 Å². The summed E-state index contributed by atoms with van der Waals surface area (Å²) in [6.45, 7) is 3.44. The molecule has 2 aromatic heterocycles. The molecule has 1 saturated heterocycles. The largest absolute Gasteiger partial charge is 0.343 e. The van der Waals surface area contributed by atoms with Gasteiger partial charge in [0.2, 0.25) is 11.8 Å². The molecule has 3 aromatic rings. The minimum Gasteiger partial charge on any atom is -0.343 e. The highest BCUT2D eigenvalue weighted by Crippen LogP contribution is 2.30. The van der Waals surface area contributed by atoms with Crippen LogP contribution in [0.15, 0.2) is 60.9 Å². The topological polar surface area (TPSA) is 113 Å². The maximum atomic E-state index is 14.2. The molecule has 3 amide bonds. The Labute approximate surface area is 248 Å². The second-order valence-corrected chi connectivity index (χ2v) is 11.8. The third-order valence-electron chi connectivity index (χ3n) is 8.94. The molecule has 2 aliphatic rings. The van der Waals surface area contributed by atoms with E-state index >= 15 is 0 Å². The summed E-state index contributed by atoms with van der Waals surface area (Å²) in [7, 11) is 0. The number of rotatable bonds is 11. The lowest BCUT2D eigenvalue weighted by Crippen LogP contribution is -2.57. The van der Waals surface area contributed by atoms with Crippen LogP contribution in [0.5, 0.6) is 0 Å². The first-order chi connectivity index (χ1) is 20.4. The van der Waals surface area contributed by atoms with Gasteiger partial charge in [0.1, 0.15) is 17.4 Å². The molecule has 3 atom stereocenters. The molecule has 0 bridgehead atoms. The van der Waals surface area contributed by atoms with Gasteiger partial charge < -0.3 is 25.3 Å². The van der Waals surface area contributed by atoms with Crippen LogP contribution >= 0.6 is 0 Å². The van der Waals surface area contributed by atoms with E-state index in [1.165, 1.54) is 0 Å². The number of likely N-dealkylation sites (tertiary alicyclic amines) is 1. The van der Waals surface area contributed by atoms with E-state index in [-0.39, 0.29) is 29.7 Å². The van der Waals surface area contributed by atoms with Crippen LogP contribution in [0, 0.1) is 5.92 Å². The maximum Gasteiger partial charge on any atom is 0.274 e. The first-order valence-electron chi connectivity index (χ1n) is 15.6. The van der Waals surface area contributed by atoms with Crippen LogP contribution in [0.1, 0.15) is 74.3 Å². The lowest BCUT2D eigenvalue weighted by molar-refractivity contribution is -0.139. The number of nitrogens with two attached hydrogens (primary N) is 1. The SMILES string of the molecule is CCC(N)C(=O)NC(C(=O)N1CCCC1CN(CCc1ccccc1)C(=O)c1cn2ccccc2n1)C1CCCCC1. The standard InChI is InChI=1S/C33H44N6O3/c1-2-27(34)31(40)36-30(25-14-7-4-8-15-25)33(42)39-20-11-16-26(39)22-38(21-18-24-12-5-3-6-13-24)32(41)28-23-37-19-10-9-17-29(37)35-28/h3,5-6,9-10,12-13,17,19,23,25-27,30H,2,4,7-8,11,14-16,18,20-22,34H2,1H3,(H,36,40). The number of fused-ring (bicyclic) bond motifs is 1. The highest BCUT2D eigenvalue weighted by molar-refractivity contribution is 5.93. The van der Waals surface area contributed by atoms with Crippen LogP contribution in [0.3, 0.4) is 0 Å². The minimum atomic E-state index is -0.630. The molecule has 1 aliphatic carbocycles. The lowest BCUT2D eigenvalue weighted by atomic mass is 9.83. The first kappa shape index (κ1) is 29.8. The van der Waals surface area contributed by atoms with Crippen molar-refractivity contribution in [3.05, 3.63) is 72.2 Å². The molecule has 5 rings (SSSR count). The van der Waals surface area contributed by atoms with Crippen LogP contribution in [0.4, 0.5) is 0 Å². The number of benzene rings is 1. The number of amides is 3. The predicted molar refractivity (Wildman–Crippen MR) is 163 cm³/mol. The fourth-order valence-electron chi connectivity index (χ4n) is 6.43. The zero-order valence-corrected chi connectivity index (χ0v) is 24.7. The molecule has 3 heterocycles. The Bertz CT molecular complexity index is 1320. The predicted octanol–water partition coefficient (Wildman–Crippen LogP) is 3.81. The monoisotopic (exact) mass is 572 g/mol. The van der Waals surface area contributed by atoms with Gasteiger partial charge in [-0.15, -0.1) is 0 Å². The molecule has 224 valence electrons. The van der Waals surface area contributed by atoms with Crippen LogP contribution in [-0.2, 0) is 16.0 Å². The molecular formula is C33H44N6O3. The van der Waals surface area contributed by atoms with Crippen molar-refractivity contribution < 1.29 is 14.4 Å². The number of hydrogen-bond acceptors (Lipinski definition) is 5. The molecular weight excluding hydrogens is 528 g/mol. The number of nitrogens with one attached hydrogen (secondary N) is 1. The van der Waals surface area contributed by atoms with Crippen molar-refractivity contribution in [3.8, 4) is 0 Å². The van der Waals surface area contributed by atoms with Gasteiger partial charge >= 0.3 is 0 Å². The lowest BCUT2D eigenvalue weighted by Gasteiger charge is -2.36. The molecule has 9 heteroatoms. The number of nitrogens with zero attached hydrogens (tertiary/aromatic N) is 4. The molecule has 42 heavy (non-hydrogen) atoms. The number of hydrogen-bond donors (Lipinski definition) is 2. The van der Waals surface area contributed by atoms with Crippen LogP contribution in [0.2, 0.25) is 0 Å². The summed E-state index contributed by atoms with van der Waals surface area (Å²) in [5.74, 6) is -0.331. The Hall–Kier alpha value is -3.72. The quantitative estimate of drug-likeness (QED) is 0.363. The Morgan fingerprint density at radius 2 is 1.79 bits per heavy atom. The fourth-order valence-corrected chi connectivity index (χ4v) is 6.43. The second-order valence-electron chi connectivity index (χ2n) is 11.8. The van der Waals surface area contributed by atoms with Gasteiger partial charge in [-0.2, -0.15) is 0 Å². The summed E-state index contributed by atoms with van der Waals surface area (Å²) in [5.41, 5.74) is 8.31. The zero-order chi connectivity index (χ0) is 29.5. The normalized spacial score (nSPS) is 19.0. The van der Waals surface area contributed by atoms with Crippen molar-refractivity contribution in [2.24, 2.45) is 11.7 Å². The molecule has 2 fully saturated rings. The van der Waals surface area contributed by atoms with Crippen molar-refractivity contribution in [2.75, 3.05) is 19.6 Å². The van der Waals surface area contributed by atoms with E-state index in [4.69, 9.17) is 5.73 Å². The van der Waals surface area contributed by atoms with Crippen molar-refractivity contribution in [3.63, 3.8) is 0 Å². The summed E-state index contributed by atoms with van der Waals surface area (Å²) in [6, 6.07) is 14.5. The summed E-state index contributed by atoms with van der Waals surface area (Å²) >= 11 is 0. The fraction of sp³-hybridized carbons (Fsp3) is 0.515. The highest BCUT2D eigenvalue weighted by Gasteiger charge is 2.39. The Morgan fingerprint density at radius 3 is 2.52 bits per heavy atom. The van der Waals surface area contributed by atoms with E-state index in [2.05, 4.69) is 22.4 Å². The molecule has 9 nitrogen and oxygen atoms in total. The van der Waals surface area contributed by atoms with E-state index < -0.39 is 12.1 Å². The highest BCUT2D eigenvalue weighted by atomic mass is 16.2. The van der Waals surface area contributed by atoms with E-state index in [1.54, 1.807) is 6.20 Å². The second kappa shape index (κ2) is 14.0. The minimum absolute atomic E-state index is 0.0377. The number of carbonyl (C=O) groups is 3. The molecule has 1 saturated carbocycles. The first-order valence-corrected chi connectivity index (χ1v) is 15.6.